The van der Waals surface area contributed by atoms with Crippen LogP contribution in [0.2, 0.25) is 0 Å². The molecule has 6 nitrogen and oxygen atoms in total. The number of amides is 1. The molecule has 0 bridgehead atoms. The first kappa shape index (κ1) is 22.7. The Kier molecular flexibility index (Phi) is 6.64. The van der Waals surface area contributed by atoms with Crippen LogP contribution in [-0.2, 0) is 19.2 Å². The van der Waals surface area contributed by atoms with Gasteiger partial charge in [-0.25, -0.2) is 0 Å². The van der Waals surface area contributed by atoms with Crippen LogP contribution in [0.25, 0.3) is 0 Å². The summed E-state index contributed by atoms with van der Waals surface area (Å²) in [5, 5.41) is 3.71. The lowest BCUT2D eigenvalue weighted by atomic mass is 9.62. The number of carbonyl (C=O) groups is 3. The molecule has 0 N–H and O–H groups in total. The van der Waals surface area contributed by atoms with Crippen molar-refractivity contribution in [1.82, 2.24) is 4.90 Å². The molecule has 0 unspecified atom stereocenters. The Bertz CT molecular complexity index is 961. The molecule has 0 aromatic heterocycles. The van der Waals surface area contributed by atoms with Crippen LogP contribution in [0.3, 0.4) is 0 Å². The van der Waals surface area contributed by atoms with Crippen LogP contribution in [0.1, 0.15) is 67.7 Å². The Morgan fingerprint density at radius 3 is 2.16 bits per heavy atom. The number of hydrogen-bond donors (Lipinski definition) is 0. The lowest BCUT2D eigenvalue weighted by molar-refractivity contribution is -0.139. The van der Waals surface area contributed by atoms with Crippen molar-refractivity contribution in [2.24, 2.45) is 10.6 Å². The van der Waals surface area contributed by atoms with Crippen molar-refractivity contribution < 1.29 is 19.2 Å². The third-order valence-electron chi connectivity index (χ3n) is 6.54. The molecule has 1 aliphatic heterocycles. The average molecular weight is 423 g/mol. The molecular weight excluding hydrogens is 392 g/mol. The maximum Gasteiger partial charge on any atom is 0.271 e. The van der Waals surface area contributed by atoms with Crippen molar-refractivity contribution in [1.29, 1.82) is 0 Å². The fourth-order valence-corrected chi connectivity index (χ4v) is 5.10. The minimum atomic E-state index is -0.690. The van der Waals surface area contributed by atoms with E-state index in [2.05, 4.69) is 17.0 Å². The first-order valence-corrected chi connectivity index (χ1v) is 10.7. The lowest BCUT2D eigenvalue weighted by Crippen LogP contribution is -2.49. The highest BCUT2D eigenvalue weighted by atomic mass is 16.6. The number of Topliss-reactive ketones (excluding diaryl/α,β-unsaturated/α-hetero) is 2. The van der Waals surface area contributed by atoms with E-state index in [1.165, 1.54) is 7.11 Å². The molecule has 1 aliphatic carbocycles. The van der Waals surface area contributed by atoms with Crippen LogP contribution in [-0.4, -0.2) is 48.3 Å². The van der Waals surface area contributed by atoms with E-state index < -0.39 is 5.92 Å². The topological polar surface area (TPSA) is 76.0 Å². The number of carbonyl (C=O) groups excluding carboxylic acids is 3. The van der Waals surface area contributed by atoms with Crippen LogP contribution in [0, 0.1) is 31.1 Å². The maximum atomic E-state index is 13.2. The van der Waals surface area contributed by atoms with Gasteiger partial charge >= 0.3 is 0 Å². The summed E-state index contributed by atoms with van der Waals surface area (Å²) in [6.07, 6.45) is 2.05. The fourth-order valence-electron chi connectivity index (χ4n) is 5.10. The monoisotopic (exact) mass is 422 g/mol. The summed E-state index contributed by atoms with van der Waals surface area (Å²) in [4.78, 5) is 45.3. The summed E-state index contributed by atoms with van der Waals surface area (Å²) in [7, 11) is 1.41. The molecule has 1 amide bonds. The Labute approximate surface area is 184 Å². The van der Waals surface area contributed by atoms with Gasteiger partial charge in [-0.2, -0.15) is 0 Å². The van der Waals surface area contributed by atoms with E-state index in [4.69, 9.17) is 4.84 Å². The fraction of sp³-hybridized carbons (Fsp3) is 0.520. The second-order valence-electron chi connectivity index (χ2n) is 8.77. The third kappa shape index (κ3) is 4.56. The molecule has 1 saturated carbocycles. The van der Waals surface area contributed by atoms with Gasteiger partial charge in [-0.15, -0.1) is 5.92 Å². The highest BCUT2D eigenvalue weighted by Gasteiger charge is 2.47. The third-order valence-corrected chi connectivity index (χ3v) is 6.54. The van der Waals surface area contributed by atoms with Crippen molar-refractivity contribution in [3.63, 3.8) is 0 Å². The second-order valence-corrected chi connectivity index (χ2v) is 8.77. The van der Waals surface area contributed by atoms with Crippen molar-refractivity contribution in [2.45, 2.75) is 59.3 Å². The molecule has 3 rings (SSSR count). The van der Waals surface area contributed by atoms with E-state index in [-0.39, 0.29) is 22.9 Å². The number of likely N-dealkylation sites (tertiary alicyclic amines) is 1. The van der Waals surface area contributed by atoms with Crippen LogP contribution in [0.15, 0.2) is 17.3 Å². The summed E-state index contributed by atoms with van der Waals surface area (Å²) < 4.78 is 0. The molecule has 2 aliphatic rings. The molecule has 0 atom stereocenters. The summed E-state index contributed by atoms with van der Waals surface area (Å²) in [6, 6.07) is 3.91. The van der Waals surface area contributed by atoms with E-state index in [0.717, 1.165) is 22.3 Å². The quantitative estimate of drug-likeness (QED) is 0.324. The summed E-state index contributed by atoms with van der Waals surface area (Å²) in [6.45, 7) is 8.34. The van der Waals surface area contributed by atoms with Gasteiger partial charge in [0, 0.05) is 31.5 Å². The Hall–Kier alpha value is -2.94. The minimum Gasteiger partial charge on any atom is -0.399 e. The largest absolute Gasteiger partial charge is 0.399 e. The number of aryl methyl sites for hydroxylation is 2. The number of rotatable bonds is 3. The maximum absolute atomic E-state index is 13.2. The zero-order valence-electron chi connectivity index (χ0n) is 19.0. The molecule has 31 heavy (non-hydrogen) atoms. The lowest BCUT2D eigenvalue weighted by Gasteiger charge is -2.44. The number of ketones is 2. The molecule has 1 aromatic carbocycles. The summed E-state index contributed by atoms with van der Waals surface area (Å²) >= 11 is 0. The Balaban J connectivity index is 1.77. The molecule has 6 heteroatoms. The zero-order chi connectivity index (χ0) is 22.8. The van der Waals surface area contributed by atoms with Crippen molar-refractivity contribution in [3.05, 3.63) is 34.4 Å². The number of benzene rings is 1. The second kappa shape index (κ2) is 9.05. The Morgan fingerprint density at radius 2 is 1.68 bits per heavy atom. The molecule has 0 radical (unpaired) electrons. The van der Waals surface area contributed by atoms with Gasteiger partial charge in [0.2, 0.25) is 0 Å². The van der Waals surface area contributed by atoms with Crippen LogP contribution < -0.4 is 0 Å². The van der Waals surface area contributed by atoms with Crippen LogP contribution in [0.5, 0.6) is 0 Å². The Morgan fingerprint density at radius 1 is 1.13 bits per heavy atom. The van der Waals surface area contributed by atoms with Gasteiger partial charge in [-0.3, -0.25) is 14.4 Å². The summed E-state index contributed by atoms with van der Waals surface area (Å²) in [5.41, 5.74) is 3.57. The van der Waals surface area contributed by atoms with Crippen molar-refractivity contribution >= 4 is 23.2 Å². The van der Waals surface area contributed by atoms with Gasteiger partial charge < -0.3 is 9.74 Å². The van der Waals surface area contributed by atoms with Gasteiger partial charge in [-0.1, -0.05) is 11.1 Å². The normalized spacial score (nSPS) is 19.3. The number of nitrogens with zero attached hydrogens (tertiary/aromatic N) is 2. The predicted molar refractivity (Wildman–Crippen MR) is 119 cm³/mol. The number of oxime groups is 1. The highest BCUT2D eigenvalue weighted by Crippen LogP contribution is 2.46. The van der Waals surface area contributed by atoms with Crippen LogP contribution in [0.4, 0.5) is 0 Å². The van der Waals surface area contributed by atoms with Gasteiger partial charge in [0.25, 0.3) is 5.91 Å². The van der Waals surface area contributed by atoms with E-state index in [1.807, 2.05) is 26.0 Å². The first-order chi connectivity index (χ1) is 14.7. The van der Waals surface area contributed by atoms with Crippen molar-refractivity contribution in [2.75, 3.05) is 20.2 Å². The highest BCUT2D eigenvalue weighted by molar-refractivity contribution is 6.37. The number of hydrogen-bond acceptors (Lipinski definition) is 5. The smallest absolute Gasteiger partial charge is 0.271 e. The van der Waals surface area contributed by atoms with E-state index in [1.54, 1.807) is 18.7 Å². The molecule has 2 fully saturated rings. The molecular formula is C25H30N2O4. The molecule has 1 spiro atoms. The summed E-state index contributed by atoms with van der Waals surface area (Å²) in [5.74, 6) is 5.08. The SMILES string of the molecule is CC#Cc1cc(C)c(C2C(=O)CC3(CCN(C(=O)C(C)=NOC)CC3)CC2=O)c(C)c1. The van der Waals surface area contributed by atoms with Gasteiger partial charge in [-0.05, 0) is 74.8 Å². The van der Waals surface area contributed by atoms with Crippen molar-refractivity contribution in [3.8, 4) is 11.8 Å². The minimum absolute atomic E-state index is 0.00585. The van der Waals surface area contributed by atoms with E-state index in [0.29, 0.717) is 44.5 Å². The molecule has 1 heterocycles. The van der Waals surface area contributed by atoms with Gasteiger partial charge in [0.05, 0.1) is 0 Å². The standard InChI is InChI=1S/C25H30N2O4/c1-6-7-19-12-16(2)22(17(3)13-19)23-20(28)14-25(15-21(23)29)8-10-27(11-9-25)24(30)18(4)26-31-5/h12-13,23H,8-11,14-15H2,1-5H3. The molecule has 1 saturated heterocycles. The number of piperidine rings is 1. The van der Waals surface area contributed by atoms with Gasteiger partial charge in [0.1, 0.15) is 30.3 Å². The first-order valence-electron chi connectivity index (χ1n) is 10.7. The predicted octanol–water partition coefficient (Wildman–Crippen LogP) is 3.32. The molecule has 164 valence electrons. The average Bonchev–Trinajstić information content (AvgIpc) is 2.70. The molecule has 1 aromatic rings. The zero-order valence-corrected chi connectivity index (χ0v) is 19.0. The van der Waals surface area contributed by atoms with E-state index in [9.17, 15) is 14.4 Å². The van der Waals surface area contributed by atoms with Gasteiger partial charge in [0.15, 0.2) is 0 Å². The van der Waals surface area contributed by atoms with E-state index >= 15 is 0 Å². The van der Waals surface area contributed by atoms with Crippen LogP contribution >= 0.6 is 0 Å².